The Morgan fingerprint density at radius 1 is 1.07 bits per heavy atom. The standard InChI is InChI=1S/C21H21F4NO3S/c1-14(27)26-10-8-15(9-11-26)13-30(28,29)18-5-2-16(3-6-18)19-7-4-17(12-20(19)22)21(23,24)25/h2-7,12,15H,8-11,13H2,1H3. The third-order valence-corrected chi connectivity index (χ3v) is 7.24. The second kappa shape index (κ2) is 8.37. The van der Waals surface area contributed by atoms with E-state index in [0.29, 0.717) is 32.0 Å². The third kappa shape index (κ3) is 5.00. The molecule has 9 heteroatoms. The summed E-state index contributed by atoms with van der Waals surface area (Å²) in [6.45, 7) is 2.54. The van der Waals surface area contributed by atoms with Crippen molar-refractivity contribution in [2.45, 2.75) is 30.8 Å². The van der Waals surface area contributed by atoms with E-state index in [-0.39, 0.29) is 33.6 Å². The van der Waals surface area contributed by atoms with Crippen LogP contribution in [0.4, 0.5) is 17.6 Å². The SMILES string of the molecule is CC(=O)N1CCC(CS(=O)(=O)c2ccc(-c3ccc(C(F)(F)F)cc3F)cc2)CC1. The van der Waals surface area contributed by atoms with Crippen molar-refractivity contribution in [1.29, 1.82) is 0 Å². The quantitative estimate of drug-likeness (QED) is 0.652. The highest BCUT2D eigenvalue weighted by molar-refractivity contribution is 7.91. The van der Waals surface area contributed by atoms with Crippen molar-refractivity contribution in [2.75, 3.05) is 18.8 Å². The van der Waals surface area contributed by atoms with E-state index in [1.807, 2.05) is 0 Å². The van der Waals surface area contributed by atoms with Crippen LogP contribution in [0.1, 0.15) is 25.3 Å². The minimum Gasteiger partial charge on any atom is -0.343 e. The van der Waals surface area contributed by atoms with Crippen molar-refractivity contribution in [3.05, 3.63) is 53.8 Å². The monoisotopic (exact) mass is 443 g/mol. The fourth-order valence-corrected chi connectivity index (χ4v) is 5.29. The Balaban J connectivity index is 1.73. The average molecular weight is 443 g/mol. The van der Waals surface area contributed by atoms with Gasteiger partial charge < -0.3 is 4.90 Å². The Morgan fingerprint density at radius 3 is 2.17 bits per heavy atom. The lowest BCUT2D eigenvalue weighted by Gasteiger charge is -2.31. The smallest absolute Gasteiger partial charge is 0.343 e. The number of piperidine rings is 1. The lowest BCUT2D eigenvalue weighted by Crippen LogP contribution is -2.38. The number of halogens is 4. The molecule has 1 aliphatic heterocycles. The van der Waals surface area contributed by atoms with Gasteiger partial charge in [0.05, 0.1) is 16.2 Å². The number of hydrogen-bond donors (Lipinski definition) is 0. The molecule has 0 unspecified atom stereocenters. The highest BCUT2D eigenvalue weighted by Crippen LogP contribution is 2.33. The van der Waals surface area contributed by atoms with Gasteiger partial charge in [0.15, 0.2) is 9.84 Å². The maximum atomic E-state index is 14.2. The van der Waals surface area contributed by atoms with Crippen LogP contribution in [-0.2, 0) is 20.8 Å². The molecule has 1 amide bonds. The van der Waals surface area contributed by atoms with E-state index >= 15 is 0 Å². The maximum Gasteiger partial charge on any atom is 0.416 e. The Morgan fingerprint density at radius 2 is 1.67 bits per heavy atom. The topological polar surface area (TPSA) is 54.5 Å². The van der Waals surface area contributed by atoms with Crippen molar-refractivity contribution in [3.63, 3.8) is 0 Å². The fourth-order valence-electron chi connectivity index (χ4n) is 3.59. The van der Waals surface area contributed by atoms with Gasteiger partial charge in [0.1, 0.15) is 5.82 Å². The Kier molecular flexibility index (Phi) is 6.21. The second-order valence-corrected chi connectivity index (χ2v) is 9.48. The summed E-state index contributed by atoms with van der Waals surface area (Å²) in [6.07, 6.45) is -3.43. The molecule has 162 valence electrons. The van der Waals surface area contributed by atoms with Gasteiger partial charge in [-0.15, -0.1) is 0 Å². The molecule has 0 saturated carbocycles. The molecular formula is C21H21F4NO3S. The van der Waals surface area contributed by atoms with Crippen LogP contribution < -0.4 is 0 Å². The molecule has 0 aromatic heterocycles. The number of nitrogens with zero attached hydrogens (tertiary/aromatic N) is 1. The second-order valence-electron chi connectivity index (χ2n) is 7.45. The van der Waals surface area contributed by atoms with E-state index in [2.05, 4.69) is 0 Å². The lowest BCUT2D eigenvalue weighted by molar-refractivity contribution is -0.137. The Labute approximate surface area is 172 Å². The van der Waals surface area contributed by atoms with Gasteiger partial charge >= 0.3 is 6.18 Å². The van der Waals surface area contributed by atoms with E-state index in [1.54, 1.807) is 4.90 Å². The van der Waals surface area contributed by atoms with E-state index in [1.165, 1.54) is 31.2 Å². The predicted molar refractivity (Wildman–Crippen MR) is 104 cm³/mol. The first-order valence-corrected chi connectivity index (χ1v) is 11.1. The molecule has 4 nitrogen and oxygen atoms in total. The summed E-state index contributed by atoms with van der Waals surface area (Å²) < 4.78 is 77.6. The van der Waals surface area contributed by atoms with Crippen LogP contribution in [-0.4, -0.2) is 38.1 Å². The van der Waals surface area contributed by atoms with Crippen molar-refractivity contribution >= 4 is 15.7 Å². The molecule has 2 aromatic rings. The molecule has 0 atom stereocenters. The van der Waals surface area contributed by atoms with Crippen LogP contribution in [0.5, 0.6) is 0 Å². The van der Waals surface area contributed by atoms with Crippen molar-refractivity contribution in [2.24, 2.45) is 5.92 Å². The molecule has 0 N–H and O–H groups in total. The first kappa shape index (κ1) is 22.3. The minimum absolute atomic E-state index is 0.0256. The molecule has 0 aliphatic carbocycles. The summed E-state index contributed by atoms with van der Waals surface area (Å²) in [4.78, 5) is 13.1. The summed E-state index contributed by atoms with van der Waals surface area (Å²) in [6, 6.07) is 7.70. The van der Waals surface area contributed by atoms with Crippen LogP contribution in [0, 0.1) is 11.7 Å². The Hall–Kier alpha value is -2.42. The van der Waals surface area contributed by atoms with Crippen LogP contribution in [0.15, 0.2) is 47.4 Å². The summed E-state index contributed by atoms with van der Waals surface area (Å²) >= 11 is 0. The molecule has 1 fully saturated rings. The van der Waals surface area contributed by atoms with Gasteiger partial charge in [-0.1, -0.05) is 18.2 Å². The zero-order valence-electron chi connectivity index (χ0n) is 16.2. The molecule has 1 heterocycles. The number of rotatable bonds is 4. The van der Waals surface area contributed by atoms with Gasteiger partial charge in [-0.2, -0.15) is 13.2 Å². The van der Waals surface area contributed by atoms with Crippen molar-refractivity contribution < 1.29 is 30.8 Å². The average Bonchev–Trinajstić information content (AvgIpc) is 2.67. The molecule has 0 radical (unpaired) electrons. The molecule has 0 spiro atoms. The van der Waals surface area contributed by atoms with E-state index in [0.717, 1.165) is 12.1 Å². The maximum absolute atomic E-state index is 14.2. The molecule has 1 aliphatic rings. The minimum atomic E-state index is -4.64. The van der Waals surface area contributed by atoms with Crippen molar-refractivity contribution in [3.8, 4) is 11.1 Å². The lowest BCUT2D eigenvalue weighted by atomic mass is 9.99. The van der Waals surface area contributed by atoms with Gasteiger partial charge in [0, 0.05) is 25.6 Å². The summed E-state index contributed by atoms with van der Waals surface area (Å²) in [5.74, 6) is -1.16. The number of carbonyl (C=O) groups is 1. The highest BCUT2D eigenvalue weighted by Gasteiger charge is 2.31. The van der Waals surface area contributed by atoms with Gasteiger partial charge in [-0.3, -0.25) is 4.79 Å². The molecule has 2 aromatic carbocycles. The molecule has 30 heavy (non-hydrogen) atoms. The first-order valence-electron chi connectivity index (χ1n) is 9.43. The van der Waals surface area contributed by atoms with E-state index in [9.17, 15) is 30.8 Å². The van der Waals surface area contributed by atoms with Gasteiger partial charge in [-0.05, 0) is 48.6 Å². The zero-order valence-corrected chi connectivity index (χ0v) is 17.1. The molecule has 3 rings (SSSR count). The number of likely N-dealkylation sites (tertiary alicyclic amines) is 1. The molecular weight excluding hydrogens is 422 g/mol. The Bertz CT molecular complexity index is 1030. The number of carbonyl (C=O) groups excluding carboxylic acids is 1. The van der Waals surface area contributed by atoms with E-state index in [4.69, 9.17) is 0 Å². The number of sulfone groups is 1. The van der Waals surface area contributed by atoms with Crippen LogP contribution in [0.2, 0.25) is 0 Å². The number of amides is 1. The molecule has 0 bridgehead atoms. The largest absolute Gasteiger partial charge is 0.416 e. The van der Waals surface area contributed by atoms with Gasteiger partial charge in [-0.25, -0.2) is 12.8 Å². The predicted octanol–water partition coefficient (Wildman–Crippen LogP) is 4.54. The number of benzene rings is 2. The number of alkyl halides is 3. The van der Waals surface area contributed by atoms with E-state index < -0.39 is 27.4 Å². The fraction of sp³-hybridized carbons (Fsp3) is 0.381. The van der Waals surface area contributed by atoms with Crippen LogP contribution in [0.3, 0.4) is 0 Å². The highest BCUT2D eigenvalue weighted by atomic mass is 32.2. The normalized spacial score (nSPS) is 16.0. The number of hydrogen-bond acceptors (Lipinski definition) is 3. The summed E-state index contributed by atoms with van der Waals surface area (Å²) in [7, 11) is -3.58. The molecule has 1 saturated heterocycles. The van der Waals surface area contributed by atoms with Crippen LogP contribution in [0.25, 0.3) is 11.1 Å². The van der Waals surface area contributed by atoms with Crippen LogP contribution >= 0.6 is 0 Å². The summed E-state index contributed by atoms with van der Waals surface area (Å²) in [5, 5.41) is 0. The van der Waals surface area contributed by atoms with Gasteiger partial charge in [0.2, 0.25) is 5.91 Å². The summed E-state index contributed by atoms with van der Waals surface area (Å²) in [5.41, 5.74) is -0.836. The zero-order chi connectivity index (χ0) is 22.1. The third-order valence-electron chi connectivity index (χ3n) is 5.34. The van der Waals surface area contributed by atoms with Crippen molar-refractivity contribution in [1.82, 2.24) is 4.90 Å². The van der Waals surface area contributed by atoms with Gasteiger partial charge in [0.25, 0.3) is 0 Å². The first-order chi connectivity index (χ1) is 14.0.